The molecule has 0 unspecified atom stereocenters. The van der Waals surface area contributed by atoms with Crippen molar-refractivity contribution in [3.63, 3.8) is 0 Å². The summed E-state index contributed by atoms with van der Waals surface area (Å²) in [5, 5.41) is 0.978. The van der Waals surface area contributed by atoms with Crippen LogP contribution in [0.5, 0.6) is 0 Å². The van der Waals surface area contributed by atoms with E-state index in [9.17, 15) is 0 Å². The van der Waals surface area contributed by atoms with Gasteiger partial charge >= 0.3 is 0 Å². The van der Waals surface area contributed by atoms with E-state index in [2.05, 4.69) is 26.0 Å². The average Bonchev–Trinajstić information content (AvgIpc) is 3.09. The largest absolute Gasteiger partial charge is 0.346 e. The molecule has 5 nitrogen and oxygen atoms in total. The fourth-order valence-electron chi connectivity index (χ4n) is 2.60. The van der Waals surface area contributed by atoms with Crippen molar-refractivity contribution in [2.75, 3.05) is 6.26 Å². The van der Waals surface area contributed by atoms with Gasteiger partial charge < -0.3 is 4.98 Å². The number of pyridine rings is 2. The molecule has 0 radical (unpaired) electrons. The molecule has 6 heteroatoms. The molecule has 118 valence electrons. The maximum atomic E-state index is 4.79. The number of rotatable bonds is 3. The third kappa shape index (κ3) is 2.65. The van der Waals surface area contributed by atoms with Crippen LogP contribution in [-0.4, -0.2) is 31.2 Å². The Labute approximate surface area is 143 Å². The summed E-state index contributed by atoms with van der Waals surface area (Å²) in [6.45, 7) is 1.96. The van der Waals surface area contributed by atoms with E-state index in [1.54, 1.807) is 11.8 Å². The lowest BCUT2D eigenvalue weighted by Gasteiger charge is -2.07. The number of hydrogen-bond donors (Lipinski definition) is 1. The van der Waals surface area contributed by atoms with Gasteiger partial charge in [-0.15, -0.1) is 11.8 Å². The van der Waals surface area contributed by atoms with Crippen molar-refractivity contribution >= 4 is 22.8 Å². The first-order chi connectivity index (χ1) is 11.7. The van der Waals surface area contributed by atoms with Crippen molar-refractivity contribution in [3.05, 3.63) is 54.6 Å². The minimum atomic E-state index is 0.609. The Kier molecular flexibility index (Phi) is 3.74. The first-order valence-corrected chi connectivity index (χ1v) is 8.75. The van der Waals surface area contributed by atoms with Crippen LogP contribution in [0, 0.1) is 6.92 Å². The van der Waals surface area contributed by atoms with Crippen molar-refractivity contribution in [1.82, 2.24) is 24.9 Å². The van der Waals surface area contributed by atoms with Gasteiger partial charge in [-0.25, -0.2) is 15.0 Å². The van der Waals surface area contributed by atoms with Gasteiger partial charge in [0.05, 0.1) is 5.69 Å². The lowest BCUT2D eigenvalue weighted by Crippen LogP contribution is -1.97. The lowest BCUT2D eigenvalue weighted by molar-refractivity contribution is 1.13. The fraction of sp³-hybridized carbons (Fsp3) is 0.111. The molecular weight excluding hydrogens is 318 g/mol. The highest BCUT2D eigenvalue weighted by Gasteiger charge is 2.13. The molecule has 0 aliphatic rings. The number of nitrogens with one attached hydrogen (secondary N) is 1. The molecule has 0 aromatic carbocycles. The van der Waals surface area contributed by atoms with Gasteiger partial charge in [-0.05, 0) is 37.4 Å². The third-order valence-corrected chi connectivity index (χ3v) is 4.45. The number of aromatic amines is 1. The molecule has 4 rings (SSSR count). The summed E-state index contributed by atoms with van der Waals surface area (Å²) in [7, 11) is 0. The van der Waals surface area contributed by atoms with Crippen molar-refractivity contribution < 1.29 is 0 Å². The molecule has 0 saturated heterocycles. The lowest BCUT2D eigenvalue weighted by atomic mass is 10.1. The zero-order valence-electron chi connectivity index (χ0n) is 13.3. The summed E-state index contributed by atoms with van der Waals surface area (Å²) in [5.41, 5.74) is 4.34. The van der Waals surface area contributed by atoms with Crippen LogP contribution in [-0.2, 0) is 0 Å². The molecule has 4 aromatic heterocycles. The summed E-state index contributed by atoms with van der Waals surface area (Å²) in [4.78, 5) is 22.6. The normalized spacial score (nSPS) is 11.1. The van der Waals surface area contributed by atoms with E-state index in [-0.39, 0.29) is 0 Å². The second-order valence-electron chi connectivity index (χ2n) is 5.41. The Hall–Kier alpha value is -2.73. The average molecular weight is 333 g/mol. The number of fused-ring (bicyclic) bond motifs is 1. The van der Waals surface area contributed by atoms with Crippen LogP contribution < -0.4 is 0 Å². The van der Waals surface area contributed by atoms with Crippen LogP contribution in [0.25, 0.3) is 33.8 Å². The van der Waals surface area contributed by atoms with Gasteiger partial charge in [0.15, 0.2) is 5.82 Å². The molecule has 1 N–H and O–H groups in total. The van der Waals surface area contributed by atoms with Crippen molar-refractivity contribution in [2.45, 2.75) is 11.8 Å². The van der Waals surface area contributed by atoms with E-state index in [1.165, 1.54) is 0 Å². The highest BCUT2D eigenvalue weighted by Crippen LogP contribution is 2.29. The Balaban J connectivity index is 1.95. The second-order valence-corrected chi connectivity index (χ2v) is 6.29. The third-order valence-electron chi connectivity index (χ3n) is 3.76. The van der Waals surface area contributed by atoms with E-state index in [0.29, 0.717) is 5.82 Å². The smallest absolute Gasteiger partial charge is 0.180 e. The summed E-state index contributed by atoms with van der Waals surface area (Å²) in [6, 6.07) is 9.94. The number of hydrogen-bond acceptors (Lipinski definition) is 5. The van der Waals surface area contributed by atoms with Gasteiger partial charge in [0.1, 0.15) is 11.3 Å². The molecule has 0 spiro atoms. The topological polar surface area (TPSA) is 67.3 Å². The van der Waals surface area contributed by atoms with Crippen molar-refractivity contribution in [1.29, 1.82) is 0 Å². The quantitative estimate of drug-likeness (QED) is 0.571. The van der Waals surface area contributed by atoms with Gasteiger partial charge in [0.2, 0.25) is 0 Å². The standard InChI is InChI=1S/C18H15N5S/c1-11-4-3-5-15(21-11)18-22-16(14-6-7-20-17(14)23-18)12-8-13(24-2)10-19-9-12/h3-10H,1-2H3,(H,20,22,23). The van der Waals surface area contributed by atoms with Crippen LogP contribution >= 0.6 is 11.8 Å². The molecule has 0 aliphatic carbocycles. The zero-order chi connectivity index (χ0) is 16.5. The first-order valence-electron chi connectivity index (χ1n) is 7.53. The van der Waals surface area contributed by atoms with Crippen LogP contribution in [0.1, 0.15) is 5.69 Å². The summed E-state index contributed by atoms with van der Waals surface area (Å²) in [6.07, 6.45) is 7.60. The number of aromatic nitrogens is 5. The van der Waals surface area contributed by atoms with Crippen LogP contribution in [0.3, 0.4) is 0 Å². The molecule has 24 heavy (non-hydrogen) atoms. The molecule has 0 atom stereocenters. The minimum absolute atomic E-state index is 0.609. The van der Waals surface area contributed by atoms with Gasteiger partial charge in [0.25, 0.3) is 0 Å². The maximum Gasteiger partial charge on any atom is 0.180 e. The fourth-order valence-corrected chi connectivity index (χ4v) is 3.01. The highest BCUT2D eigenvalue weighted by molar-refractivity contribution is 7.98. The maximum absolute atomic E-state index is 4.79. The Bertz CT molecular complexity index is 1020. The van der Waals surface area contributed by atoms with Gasteiger partial charge in [-0.2, -0.15) is 0 Å². The molecule has 0 fully saturated rings. The van der Waals surface area contributed by atoms with E-state index >= 15 is 0 Å². The number of aryl methyl sites for hydroxylation is 1. The molecule has 0 saturated carbocycles. The molecule has 4 heterocycles. The van der Waals surface area contributed by atoms with E-state index in [4.69, 9.17) is 4.98 Å². The number of thioether (sulfide) groups is 1. The van der Waals surface area contributed by atoms with Gasteiger partial charge in [0, 0.05) is 40.1 Å². The van der Waals surface area contributed by atoms with Crippen LogP contribution in [0.15, 0.2) is 53.8 Å². The Morgan fingerprint density at radius 3 is 2.79 bits per heavy atom. The number of H-pyrrole nitrogens is 1. The number of nitrogens with zero attached hydrogens (tertiary/aromatic N) is 4. The summed E-state index contributed by atoms with van der Waals surface area (Å²) >= 11 is 1.66. The molecule has 0 bridgehead atoms. The molecule has 0 amide bonds. The van der Waals surface area contributed by atoms with Crippen LogP contribution in [0.4, 0.5) is 0 Å². The van der Waals surface area contributed by atoms with Gasteiger partial charge in [-0.3, -0.25) is 4.98 Å². The SMILES string of the molecule is CSc1cncc(-c2nc(-c3cccc(C)n3)nc3[nH]ccc23)c1. The molecular formula is C18H15N5S. The highest BCUT2D eigenvalue weighted by atomic mass is 32.2. The predicted octanol–water partition coefficient (Wildman–Crippen LogP) is 4.11. The predicted molar refractivity (Wildman–Crippen MR) is 96.9 cm³/mol. The van der Waals surface area contributed by atoms with E-state index < -0.39 is 0 Å². The summed E-state index contributed by atoms with van der Waals surface area (Å²) in [5.74, 6) is 0.609. The summed E-state index contributed by atoms with van der Waals surface area (Å²) < 4.78 is 0. The first kappa shape index (κ1) is 14.8. The van der Waals surface area contributed by atoms with Crippen LogP contribution in [0.2, 0.25) is 0 Å². The molecule has 4 aromatic rings. The van der Waals surface area contributed by atoms with E-state index in [1.807, 2.05) is 56.0 Å². The molecule has 0 aliphatic heterocycles. The zero-order valence-corrected chi connectivity index (χ0v) is 14.1. The minimum Gasteiger partial charge on any atom is -0.346 e. The monoisotopic (exact) mass is 333 g/mol. The van der Waals surface area contributed by atoms with Gasteiger partial charge in [-0.1, -0.05) is 6.07 Å². The Morgan fingerprint density at radius 2 is 1.96 bits per heavy atom. The van der Waals surface area contributed by atoms with E-state index in [0.717, 1.165) is 38.6 Å². The second kappa shape index (κ2) is 6.05. The Morgan fingerprint density at radius 1 is 1.04 bits per heavy atom. The van der Waals surface area contributed by atoms with Crippen molar-refractivity contribution in [2.24, 2.45) is 0 Å². The van der Waals surface area contributed by atoms with Crippen molar-refractivity contribution in [3.8, 4) is 22.8 Å².